The van der Waals surface area contributed by atoms with Gasteiger partial charge in [-0.05, 0) is 31.5 Å². The summed E-state index contributed by atoms with van der Waals surface area (Å²) in [5.41, 5.74) is 2.37. The zero-order valence-corrected chi connectivity index (χ0v) is 12.2. The van der Waals surface area contributed by atoms with Crippen LogP contribution in [0.2, 0.25) is 0 Å². The molecule has 0 saturated carbocycles. The Morgan fingerprint density at radius 2 is 2.05 bits per heavy atom. The number of carbonyl (C=O) groups excluding carboxylic acids is 1. The van der Waals surface area contributed by atoms with Crippen molar-refractivity contribution in [1.82, 2.24) is 9.78 Å². The number of carbonyl (C=O) groups is 2. The van der Waals surface area contributed by atoms with E-state index >= 15 is 0 Å². The van der Waals surface area contributed by atoms with Gasteiger partial charge in [0, 0.05) is 7.05 Å². The number of nitrogens with zero attached hydrogens (tertiary/aromatic N) is 2. The molecular formula is C15H17N3O3. The van der Waals surface area contributed by atoms with Crippen molar-refractivity contribution in [3.8, 4) is 0 Å². The minimum atomic E-state index is -1.08. The van der Waals surface area contributed by atoms with Gasteiger partial charge in [0.25, 0.3) is 5.91 Å². The molecule has 2 rings (SSSR count). The summed E-state index contributed by atoms with van der Waals surface area (Å²) < 4.78 is 1.49. The molecular weight excluding hydrogens is 270 g/mol. The highest BCUT2D eigenvalue weighted by atomic mass is 16.4. The summed E-state index contributed by atoms with van der Waals surface area (Å²) in [6, 6.07) is 6.57. The molecule has 6 nitrogen and oxygen atoms in total. The Balaban J connectivity index is 2.31. The van der Waals surface area contributed by atoms with E-state index < -0.39 is 5.97 Å². The molecule has 0 aliphatic rings. The van der Waals surface area contributed by atoms with Crippen molar-refractivity contribution >= 4 is 17.6 Å². The van der Waals surface area contributed by atoms with Gasteiger partial charge in [-0.1, -0.05) is 18.6 Å². The zero-order valence-electron chi connectivity index (χ0n) is 12.2. The first-order chi connectivity index (χ1) is 9.92. The summed E-state index contributed by atoms with van der Waals surface area (Å²) >= 11 is 0. The Morgan fingerprint density at radius 3 is 2.62 bits per heavy atom. The van der Waals surface area contributed by atoms with Crippen molar-refractivity contribution < 1.29 is 14.7 Å². The molecule has 0 radical (unpaired) electrons. The molecule has 21 heavy (non-hydrogen) atoms. The highest BCUT2D eigenvalue weighted by Crippen LogP contribution is 2.18. The minimum absolute atomic E-state index is 0.0706. The summed E-state index contributed by atoms with van der Waals surface area (Å²) in [5, 5.41) is 16.0. The third kappa shape index (κ3) is 3.10. The lowest BCUT2D eigenvalue weighted by Gasteiger charge is -2.09. The van der Waals surface area contributed by atoms with E-state index in [1.54, 1.807) is 32.2 Å². The average molecular weight is 287 g/mol. The van der Waals surface area contributed by atoms with Gasteiger partial charge >= 0.3 is 5.97 Å². The fourth-order valence-corrected chi connectivity index (χ4v) is 2.04. The first-order valence-corrected chi connectivity index (χ1v) is 6.60. The molecule has 2 aromatic rings. The predicted molar refractivity (Wildman–Crippen MR) is 78.7 cm³/mol. The Kier molecular flexibility index (Phi) is 4.07. The van der Waals surface area contributed by atoms with Gasteiger partial charge in [0.15, 0.2) is 0 Å². The number of aromatic carboxylic acids is 1. The molecule has 0 saturated heterocycles. The molecule has 0 aliphatic heterocycles. The van der Waals surface area contributed by atoms with Crippen molar-refractivity contribution in [3.05, 3.63) is 46.8 Å². The van der Waals surface area contributed by atoms with Crippen LogP contribution in [0.1, 0.15) is 39.0 Å². The lowest BCUT2D eigenvalue weighted by atomic mass is 10.1. The highest BCUT2D eigenvalue weighted by molar-refractivity contribution is 6.07. The number of nitrogens with one attached hydrogen (secondary N) is 1. The fourth-order valence-electron chi connectivity index (χ4n) is 2.04. The SMILES string of the molecule is CCc1cc(C(=O)Nc2ccc(C)cc2C(=O)O)n(C)n1. The lowest BCUT2D eigenvalue weighted by molar-refractivity contribution is 0.0698. The van der Waals surface area contributed by atoms with Crippen LogP contribution < -0.4 is 5.32 Å². The average Bonchev–Trinajstić information content (AvgIpc) is 2.82. The van der Waals surface area contributed by atoms with Crippen molar-refractivity contribution in [2.24, 2.45) is 7.05 Å². The van der Waals surface area contributed by atoms with Crippen LogP contribution in [-0.4, -0.2) is 26.8 Å². The van der Waals surface area contributed by atoms with Gasteiger partial charge in [-0.2, -0.15) is 5.10 Å². The number of anilines is 1. The van der Waals surface area contributed by atoms with Crippen LogP contribution in [0.15, 0.2) is 24.3 Å². The van der Waals surface area contributed by atoms with Gasteiger partial charge in [0.05, 0.1) is 16.9 Å². The largest absolute Gasteiger partial charge is 0.478 e. The smallest absolute Gasteiger partial charge is 0.337 e. The number of carboxylic acid groups (broad SMARTS) is 1. The number of amides is 1. The fraction of sp³-hybridized carbons (Fsp3) is 0.267. The minimum Gasteiger partial charge on any atom is -0.478 e. The van der Waals surface area contributed by atoms with Gasteiger partial charge < -0.3 is 10.4 Å². The Morgan fingerprint density at radius 1 is 1.33 bits per heavy atom. The molecule has 2 N–H and O–H groups in total. The Bertz CT molecular complexity index is 704. The predicted octanol–water partition coefficient (Wildman–Crippen LogP) is 2.24. The first-order valence-electron chi connectivity index (χ1n) is 6.60. The third-order valence-corrected chi connectivity index (χ3v) is 3.18. The van der Waals surface area contributed by atoms with Crippen LogP contribution in [0.3, 0.4) is 0 Å². The van der Waals surface area contributed by atoms with Crippen LogP contribution in [0.4, 0.5) is 5.69 Å². The molecule has 0 atom stereocenters. The lowest BCUT2D eigenvalue weighted by Crippen LogP contribution is -2.18. The van der Waals surface area contributed by atoms with Crippen molar-refractivity contribution in [2.75, 3.05) is 5.32 Å². The van der Waals surface area contributed by atoms with Crippen molar-refractivity contribution in [1.29, 1.82) is 0 Å². The third-order valence-electron chi connectivity index (χ3n) is 3.18. The Hall–Kier alpha value is -2.63. The van der Waals surface area contributed by atoms with Gasteiger partial charge in [-0.15, -0.1) is 0 Å². The first kappa shape index (κ1) is 14.8. The number of hydrogen-bond acceptors (Lipinski definition) is 3. The van der Waals surface area contributed by atoms with Crippen LogP contribution >= 0.6 is 0 Å². The van der Waals surface area contributed by atoms with E-state index in [2.05, 4.69) is 10.4 Å². The van der Waals surface area contributed by atoms with Gasteiger partial charge in [0.1, 0.15) is 5.69 Å². The summed E-state index contributed by atoms with van der Waals surface area (Å²) in [6.45, 7) is 3.75. The highest BCUT2D eigenvalue weighted by Gasteiger charge is 2.16. The molecule has 0 spiro atoms. The molecule has 1 aromatic heterocycles. The van der Waals surface area contributed by atoms with Gasteiger partial charge in [-0.3, -0.25) is 9.48 Å². The number of aryl methyl sites for hydroxylation is 3. The topological polar surface area (TPSA) is 84.2 Å². The Labute approximate surface area is 122 Å². The van der Waals surface area contributed by atoms with E-state index in [1.807, 2.05) is 6.92 Å². The molecule has 0 unspecified atom stereocenters. The molecule has 1 amide bonds. The molecule has 1 aromatic carbocycles. The standard InChI is InChI=1S/C15H17N3O3/c1-4-10-8-13(18(3)17-10)14(19)16-12-6-5-9(2)7-11(12)15(20)21/h5-8H,4H2,1-3H3,(H,16,19)(H,20,21). The van der Waals surface area contributed by atoms with E-state index in [0.717, 1.165) is 17.7 Å². The van der Waals surface area contributed by atoms with E-state index in [4.69, 9.17) is 0 Å². The summed E-state index contributed by atoms with van der Waals surface area (Å²) in [4.78, 5) is 23.5. The van der Waals surface area contributed by atoms with E-state index in [9.17, 15) is 14.7 Å². The maximum atomic E-state index is 12.3. The van der Waals surface area contributed by atoms with Crippen molar-refractivity contribution in [2.45, 2.75) is 20.3 Å². The second-order valence-electron chi connectivity index (χ2n) is 4.81. The summed E-state index contributed by atoms with van der Waals surface area (Å²) in [7, 11) is 1.68. The molecule has 0 aliphatic carbocycles. The number of aromatic nitrogens is 2. The van der Waals surface area contributed by atoms with Crippen molar-refractivity contribution in [3.63, 3.8) is 0 Å². The molecule has 0 fully saturated rings. The maximum Gasteiger partial charge on any atom is 0.337 e. The summed E-state index contributed by atoms with van der Waals surface area (Å²) in [6.07, 6.45) is 0.728. The summed E-state index contributed by atoms with van der Waals surface area (Å²) in [5.74, 6) is -1.45. The molecule has 0 bridgehead atoms. The van der Waals surface area contributed by atoms with Gasteiger partial charge in [-0.25, -0.2) is 4.79 Å². The quantitative estimate of drug-likeness (QED) is 0.903. The molecule has 1 heterocycles. The number of carboxylic acids is 1. The maximum absolute atomic E-state index is 12.3. The van der Waals surface area contributed by atoms with E-state index in [1.165, 1.54) is 10.7 Å². The van der Waals surface area contributed by atoms with Crippen LogP contribution in [0.25, 0.3) is 0 Å². The van der Waals surface area contributed by atoms with E-state index in [-0.39, 0.29) is 17.2 Å². The van der Waals surface area contributed by atoms with Crippen LogP contribution in [0, 0.1) is 6.92 Å². The van der Waals surface area contributed by atoms with Gasteiger partial charge in [0.2, 0.25) is 0 Å². The van der Waals surface area contributed by atoms with E-state index in [0.29, 0.717) is 5.69 Å². The normalized spacial score (nSPS) is 10.4. The van der Waals surface area contributed by atoms with Crippen LogP contribution in [0.5, 0.6) is 0 Å². The molecule has 6 heteroatoms. The number of rotatable bonds is 4. The van der Waals surface area contributed by atoms with Crippen LogP contribution in [-0.2, 0) is 13.5 Å². The number of hydrogen-bond donors (Lipinski definition) is 2. The monoisotopic (exact) mass is 287 g/mol. The second-order valence-corrected chi connectivity index (χ2v) is 4.81. The molecule has 110 valence electrons. The second kappa shape index (κ2) is 5.78. The number of benzene rings is 1. The zero-order chi connectivity index (χ0) is 15.6.